The number of rotatable bonds is 3. The average Bonchev–Trinajstić information content (AvgIpc) is 2.78. The molecule has 21 heavy (non-hydrogen) atoms. The minimum absolute atomic E-state index is 0.154. The van der Waals surface area contributed by atoms with Crippen molar-refractivity contribution in [3.63, 3.8) is 0 Å². The summed E-state index contributed by atoms with van der Waals surface area (Å²) in [5.74, 6) is -0.685. The average molecular weight is 318 g/mol. The maximum Gasteiger partial charge on any atom is 0.453 e. The van der Waals surface area contributed by atoms with Crippen LogP contribution in [0.25, 0.3) is 5.65 Å². The predicted octanol–water partition coefficient (Wildman–Crippen LogP) is 3.90. The van der Waals surface area contributed by atoms with Crippen LogP contribution in [0.15, 0.2) is 5.03 Å². The molecule has 1 atom stereocenters. The molecule has 0 aliphatic rings. The van der Waals surface area contributed by atoms with Crippen molar-refractivity contribution in [1.29, 1.82) is 0 Å². The van der Waals surface area contributed by atoms with E-state index in [2.05, 4.69) is 29.1 Å². The molecule has 116 valence electrons. The number of thioether (sulfide) groups is 1. The molecule has 2 aromatic rings. The number of aryl methyl sites for hydroxylation is 1. The Morgan fingerprint density at radius 2 is 1.67 bits per heavy atom. The second-order valence-corrected chi connectivity index (χ2v) is 6.74. The standard InChI is InChI=1S/C13H17F3N4S/c1-6(2)9(5)21-11-8(4)7(3)10-17-18-12(13(14,15)16)20(10)19-11/h6,9H,1-5H3. The van der Waals surface area contributed by atoms with E-state index in [1.54, 1.807) is 6.92 Å². The van der Waals surface area contributed by atoms with Crippen LogP contribution in [0.4, 0.5) is 13.2 Å². The molecular weight excluding hydrogens is 301 g/mol. The molecule has 2 rings (SSSR count). The van der Waals surface area contributed by atoms with Gasteiger partial charge in [0.2, 0.25) is 0 Å². The minimum atomic E-state index is -4.57. The van der Waals surface area contributed by atoms with E-state index in [9.17, 15) is 13.2 Å². The van der Waals surface area contributed by atoms with Gasteiger partial charge >= 0.3 is 6.18 Å². The smallest absolute Gasteiger partial charge is 0.187 e. The van der Waals surface area contributed by atoms with E-state index in [0.29, 0.717) is 16.5 Å². The van der Waals surface area contributed by atoms with E-state index in [1.165, 1.54) is 11.8 Å². The Morgan fingerprint density at radius 1 is 1.05 bits per heavy atom. The monoisotopic (exact) mass is 318 g/mol. The summed E-state index contributed by atoms with van der Waals surface area (Å²) in [5.41, 5.74) is 1.67. The summed E-state index contributed by atoms with van der Waals surface area (Å²) in [6.07, 6.45) is -4.57. The Labute approximate surface area is 125 Å². The van der Waals surface area contributed by atoms with E-state index < -0.39 is 12.0 Å². The summed E-state index contributed by atoms with van der Waals surface area (Å²) in [6.45, 7) is 9.76. The number of fused-ring (bicyclic) bond motifs is 1. The zero-order chi connectivity index (χ0) is 15.9. The Kier molecular flexibility index (Phi) is 4.19. The second-order valence-electron chi connectivity index (χ2n) is 5.38. The number of nitrogens with zero attached hydrogens (tertiary/aromatic N) is 4. The van der Waals surface area contributed by atoms with Crippen molar-refractivity contribution in [3.05, 3.63) is 17.0 Å². The number of hydrogen-bond acceptors (Lipinski definition) is 4. The van der Waals surface area contributed by atoms with Gasteiger partial charge in [0.15, 0.2) is 5.65 Å². The van der Waals surface area contributed by atoms with Gasteiger partial charge in [-0.1, -0.05) is 20.8 Å². The van der Waals surface area contributed by atoms with Crippen LogP contribution in [0.1, 0.15) is 37.7 Å². The highest BCUT2D eigenvalue weighted by Crippen LogP contribution is 2.33. The van der Waals surface area contributed by atoms with Crippen molar-refractivity contribution in [2.45, 2.75) is 51.1 Å². The molecule has 2 aromatic heterocycles. The van der Waals surface area contributed by atoms with E-state index in [4.69, 9.17) is 0 Å². The molecule has 0 radical (unpaired) electrons. The molecule has 1 unspecified atom stereocenters. The fraction of sp³-hybridized carbons (Fsp3) is 0.615. The summed E-state index contributed by atoms with van der Waals surface area (Å²) in [5, 5.41) is 11.8. The lowest BCUT2D eigenvalue weighted by Crippen LogP contribution is -2.14. The molecule has 0 N–H and O–H groups in total. The topological polar surface area (TPSA) is 43.1 Å². The van der Waals surface area contributed by atoms with Gasteiger partial charge in [-0.3, -0.25) is 0 Å². The lowest BCUT2D eigenvalue weighted by atomic mass is 10.2. The molecule has 4 nitrogen and oxygen atoms in total. The molecule has 0 aliphatic heterocycles. The fourth-order valence-corrected chi connectivity index (χ4v) is 2.79. The Morgan fingerprint density at radius 3 is 2.19 bits per heavy atom. The number of aromatic nitrogens is 4. The van der Waals surface area contributed by atoms with Crippen LogP contribution in [0.3, 0.4) is 0 Å². The van der Waals surface area contributed by atoms with Gasteiger partial charge in [-0.15, -0.1) is 22.0 Å². The quantitative estimate of drug-likeness (QED) is 0.805. The largest absolute Gasteiger partial charge is 0.453 e. The normalized spacial score (nSPS) is 14.1. The molecule has 0 bridgehead atoms. The third-order valence-corrected chi connectivity index (χ3v) is 5.07. The Balaban J connectivity index is 2.60. The third kappa shape index (κ3) is 3.00. The van der Waals surface area contributed by atoms with Crippen LogP contribution >= 0.6 is 11.8 Å². The van der Waals surface area contributed by atoms with Crippen LogP contribution in [-0.2, 0) is 6.18 Å². The summed E-state index contributed by atoms with van der Waals surface area (Å²) in [7, 11) is 0. The molecule has 8 heteroatoms. The van der Waals surface area contributed by atoms with Gasteiger partial charge in [0, 0.05) is 10.8 Å². The molecule has 0 aliphatic carbocycles. The Bertz CT molecular complexity index is 663. The molecule has 2 heterocycles. The molecule has 0 fully saturated rings. The van der Waals surface area contributed by atoms with E-state index >= 15 is 0 Å². The highest BCUT2D eigenvalue weighted by molar-refractivity contribution is 7.99. The second kappa shape index (κ2) is 5.47. The van der Waals surface area contributed by atoms with Crippen LogP contribution in [0, 0.1) is 19.8 Å². The zero-order valence-electron chi connectivity index (χ0n) is 12.5. The highest BCUT2D eigenvalue weighted by atomic mass is 32.2. The summed E-state index contributed by atoms with van der Waals surface area (Å²) < 4.78 is 39.6. The number of alkyl halides is 3. The predicted molar refractivity (Wildman–Crippen MR) is 75.4 cm³/mol. The lowest BCUT2D eigenvalue weighted by Gasteiger charge is -2.17. The van der Waals surface area contributed by atoms with E-state index in [-0.39, 0.29) is 10.9 Å². The van der Waals surface area contributed by atoms with Gasteiger partial charge in [-0.05, 0) is 25.3 Å². The SMILES string of the molecule is Cc1c(SC(C)C(C)C)nn2c(C(F)(F)F)nnc2c1C. The number of hydrogen-bond donors (Lipinski definition) is 0. The molecular formula is C13H17F3N4S. The van der Waals surface area contributed by atoms with Crippen molar-refractivity contribution >= 4 is 17.4 Å². The molecule has 0 amide bonds. The maximum atomic E-state index is 12.9. The summed E-state index contributed by atoms with van der Waals surface area (Å²) >= 11 is 1.48. The van der Waals surface area contributed by atoms with Gasteiger partial charge in [0.1, 0.15) is 5.03 Å². The van der Waals surface area contributed by atoms with Gasteiger partial charge in [-0.25, -0.2) is 0 Å². The molecule has 0 aromatic carbocycles. The molecule has 0 saturated heterocycles. The highest BCUT2D eigenvalue weighted by Gasteiger charge is 2.38. The molecule has 0 spiro atoms. The fourth-order valence-electron chi connectivity index (χ4n) is 1.70. The van der Waals surface area contributed by atoms with Crippen molar-refractivity contribution in [3.8, 4) is 0 Å². The van der Waals surface area contributed by atoms with Gasteiger partial charge < -0.3 is 0 Å². The third-order valence-electron chi connectivity index (χ3n) is 3.54. The molecule has 0 saturated carbocycles. The first kappa shape index (κ1) is 16.1. The van der Waals surface area contributed by atoms with Gasteiger partial charge in [0.25, 0.3) is 5.82 Å². The first-order valence-corrected chi connectivity index (χ1v) is 7.47. The van der Waals surface area contributed by atoms with Crippen molar-refractivity contribution in [2.24, 2.45) is 5.92 Å². The maximum absolute atomic E-state index is 12.9. The first-order chi connectivity index (χ1) is 9.62. The minimum Gasteiger partial charge on any atom is -0.187 e. The van der Waals surface area contributed by atoms with Crippen LogP contribution in [0.2, 0.25) is 0 Å². The van der Waals surface area contributed by atoms with Crippen molar-refractivity contribution in [2.75, 3.05) is 0 Å². The van der Waals surface area contributed by atoms with Crippen LogP contribution in [-0.4, -0.2) is 25.1 Å². The van der Waals surface area contributed by atoms with Gasteiger partial charge in [-0.2, -0.15) is 22.8 Å². The Hall–Kier alpha value is -1.31. The summed E-state index contributed by atoms with van der Waals surface area (Å²) in [6, 6.07) is 0. The number of halogens is 3. The van der Waals surface area contributed by atoms with Gasteiger partial charge in [0.05, 0.1) is 0 Å². The van der Waals surface area contributed by atoms with E-state index in [0.717, 1.165) is 10.1 Å². The summed E-state index contributed by atoms with van der Waals surface area (Å²) in [4.78, 5) is 0. The van der Waals surface area contributed by atoms with Crippen molar-refractivity contribution in [1.82, 2.24) is 19.8 Å². The first-order valence-electron chi connectivity index (χ1n) is 6.59. The zero-order valence-corrected chi connectivity index (χ0v) is 13.3. The van der Waals surface area contributed by atoms with Crippen LogP contribution in [0.5, 0.6) is 0 Å². The van der Waals surface area contributed by atoms with E-state index in [1.807, 2.05) is 13.8 Å². The van der Waals surface area contributed by atoms with Crippen molar-refractivity contribution < 1.29 is 13.2 Å². The van der Waals surface area contributed by atoms with Crippen LogP contribution < -0.4 is 0 Å². The lowest BCUT2D eigenvalue weighted by molar-refractivity contribution is -0.146.